The summed E-state index contributed by atoms with van der Waals surface area (Å²) in [6.07, 6.45) is 7.22. The average Bonchev–Trinajstić information content (AvgIpc) is 2.99. The normalized spacial score (nSPS) is 13.6. The van der Waals surface area contributed by atoms with Crippen LogP contribution in [0.3, 0.4) is 0 Å². The number of halogens is 1. The maximum absolute atomic E-state index is 13.2. The van der Waals surface area contributed by atoms with E-state index < -0.39 is 0 Å². The smallest absolute Gasteiger partial charge is 0.206 e. The van der Waals surface area contributed by atoms with E-state index in [1.54, 1.807) is 32.8 Å². The fraction of sp³-hybridized carbons (Fsp3) is 0.281. The van der Waals surface area contributed by atoms with Crippen LogP contribution in [0.25, 0.3) is 22.3 Å². The molecule has 8 nitrogen and oxygen atoms in total. The zero-order valence-corrected chi connectivity index (χ0v) is 24.6. The standard InChI is InChI=1S/C32H32BrN3O5/c1-39-29-8-7-23(15-30(29)40-2)24-14-25(32(34)35-16-24)22-5-3-20(4-6-22)13-28(37)26-18-36(19-27(33)31(26)38)17-21-9-11-41-12-10-21/h3-8,14-16,18-19,21H,9-13,17H2,1-2H3,(H2,34,35). The number of nitrogen functional groups attached to an aromatic ring is 1. The van der Waals surface area contributed by atoms with E-state index in [2.05, 4.69) is 20.9 Å². The Bertz CT molecular complexity index is 1610. The van der Waals surface area contributed by atoms with Gasteiger partial charge in [0.05, 0.1) is 24.3 Å². The van der Waals surface area contributed by atoms with E-state index in [1.807, 2.05) is 53.1 Å². The Balaban J connectivity index is 1.34. The predicted molar refractivity (Wildman–Crippen MR) is 163 cm³/mol. The van der Waals surface area contributed by atoms with E-state index in [4.69, 9.17) is 19.9 Å². The van der Waals surface area contributed by atoms with E-state index in [1.165, 1.54) is 0 Å². The molecule has 2 N–H and O–H groups in total. The van der Waals surface area contributed by atoms with Crippen LogP contribution >= 0.6 is 15.9 Å². The lowest BCUT2D eigenvalue weighted by atomic mass is 9.98. The number of pyridine rings is 2. The first-order valence-electron chi connectivity index (χ1n) is 13.4. The van der Waals surface area contributed by atoms with Crippen molar-refractivity contribution in [3.05, 3.63) is 92.9 Å². The lowest BCUT2D eigenvalue weighted by molar-refractivity contribution is 0.0611. The Hall–Kier alpha value is -3.95. The number of methoxy groups -OCH3 is 2. The molecule has 1 aliphatic heterocycles. The molecule has 0 radical (unpaired) electrons. The van der Waals surface area contributed by atoms with Crippen molar-refractivity contribution in [2.24, 2.45) is 5.92 Å². The van der Waals surface area contributed by atoms with Crippen molar-refractivity contribution in [1.29, 1.82) is 0 Å². The van der Waals surface area contributed by atoms with Crippen molar-refractivity contribution in [2.75, 3.05) is 33.2 Å². The average molecular weight is 619 g/mol. The molecule has 0 atom stereocenters. The molecule has 41 heavy (non-hydrogen) atoms. The van der Waals surface area contributed by atoms with Crippen molar-refractivity contribution >= 4 is 27.5 Å². The summed E-state index contributed by atoms with van der Waals surface area (Å²) in [7, 11) is 3.20. The highest BCUT2D eigenvalue weighted by atomic mass is 79.9. The minimum Gasteiger partial charge on any atom is -0.493 e. The number of nitrogens with two attached hydrogens (primary N) is 1. The lowest BCUT2D eigenvalue weighted by Crippen LogP contribution is -2.24. The number of benzene rings is 2. The molecule has 0 spiro atoms. The number of Topliss-reactive ketones (excluding diaryl/α,β-unsaturated/α-hetero) is 1. The number of rotatable bonds is 9. The third kappa shape index (κ3) is 6.52. The van der Waals surface area contributed by atoms with Crippen LogP contribution in [0.15, 0.2) is 76.4 Å². The van der Waals surface area contributed by atoms with Gasteiger partial charge in [0, 0.05) is 55.9 Å². The second-order valence-electron chi connectivity index (χ2n) is 10.1. The maximum Gasteiger partial charge on any atom is 0.206 e. The summed E-state index contributed by atoms with van der Waals surface area (Å²) in [5, 5.41) is 0. The topological polar surface area (TPSA) is 106 Å². The number of ketones is 1. The Labute approximate surface area is 247 Å². The quantitative estimate of drug-likeness (QED) is 0.237. The van der Waals surface area contributed by atoms with Crippen LogP contribution in [-0.2, 0) is 17.7 Å². The molecule has 1 fully saturated rings. The number of carbonyl (C=O) groups excluding carboxylic acids is 1. The highest BCUT2D eigenvalue weighted by molar-refractivity contribution is 9.10. The van der Waals surface area contributed by atoms with Gasteiger partial charge in [0.1, 0.15) is 5.82 Å². The Kier molecular flexibility index (Phi) is 8.85. The maximum atomic E-state index is 13.2. The molecule has 0 saturated carbocycles. The molecule has 212 valence electrons. The zero-order chi connectivity index (χ0) is 28.9. The third-order valence-electron chi connectivity index (χ3n) is 7.41. The predicted octanol–water partition coefficient (Wildman–Crippen LogP) is 5.79. The van der Waals surface area contributed by atoms with Gasteiger partial charge in [0.2, 0.25) is 5.43 Å². The first kappa shape index (κ1) is 28.6. The molecule has 0 aliphatic carbocycles. The molecule has 0 bridgehead atoms. The van der Waals surface area contributed by atoms with Crippen LogP contribution in [0.5, 0.6) is 11.5 Å². The third-order valence-corrected chi connectivity index (χ3v) is 7.98. The summed E-state index contributed by atoms with van der Waals surface area (Å²) in [6, 6.07) is 15.3. The van der Waals surface area contributed by atoms with Crippen molar-refractivity contribution in [1.82, 2.24) is 9.55 Å². The first-order valence-corrected chi connectivity index (χ1v) is 14.2. The van der Waals surface area contributed by atoms with Gasteiger partial charge in [0.25, 0.3) is 0 Å². The molecule has 9 heteroatoms. The first-order chi connectivity index (χ1) is 19.9. The molecule has 3 heterocycles. The largest absolute Gasteiger partial charge is 0.493 e. The number of aromatic nitrogens is 2. The van der Waals surface area contributed by atoms with E-state index in [9.17, 15) is 9.59 Å². The fourth-order valence-corrected chi connectivity index (χ4v) is 5.57. The molecule has 2 aromatic heterocycles. The summed E-state index contributed by atoms with van der Waals surface area (Å²) in [5.74, 6) is 1.91. The van der Waals surface area contributed by atoms with Crippen LogP contribution in [0.1, 0.15) is 28.8 Å². The van der Waals surface area contributed by atoms with E-state index >= 15 is 0 Å². The van der Waals surface area contributed by atoms with Crippen molar-refractivity contribution in [3.63, 3.8) is 0 Å². The second-order valence-corrected chi connectivity index (χ2v) is 11.0. The number of hydrogen-bond donors (Lipinski definition) is 1. The molecule has 1 saturated heterocycles. The van der Waals surface area contributed by atoms with Crippen LogP contribution in [-0.4, -0.2) is 42.8 Å². The van der Waals surface area contributed by atoms with Crippen LogP contribution < -0.4 is 20.6 Å². The summed E-state index contributed by atoms with van der Waals surface area (Å²) < 4.78 is 18.6. The molecular formula is C32H32BrN3O5. The second kappa shape index (κ2) is 12.7. The SMILES string of the molecule is COc1ccc(-c2cnc(N)c(-c3ccc(CC(=O)c4cn(CC5CCOCC5)cc(Br)c4=O)cc3)c2)cc1OC. The Morgan fingerprint density at radius 1 is 1.00 bits per heavy atom. The summed E-state index contributed by atoms with van der Waals surface area (Å²) in [4.78, 5) is 30.5. The van der Waals surface area contributed by atoms with Gasteiger partial charge in [-0.2, -0.15) is 0 Å². The monoisotopic (exact) mass is 617 g/mol. The van der Waals surface area contributed by atoms with Crippen molar-refractivity contribution < 1.29 is 19.0 Å². The highest BCUT2D eigenvalue weighted by Gasteiger charge is 2.18. The van der Waals surface area contributed by atoms with Crippen LogP contribution in [0.4, 0.5) is 5.82 Å². The summed E-state index contributed by atoms with van der Waals surface area (Å²) in [6.45, 7) is 2.24. The minimum atomic E-state index is -0.291. The van der Waals surface area contributed by atoms with Crippen molar-refractivity contribution in [3.8, 4) is 33.8 Å². The Morgan fingerprint density at radius 2 is 1.71 bits per heavy atom. The van der Waals surface area contributed by atoms with E-state index in [-0.39, 0.29) is 23.2 Å². The van der Waals surface area contributed by atoms with E-state index in [0.29, 0.717) is 27.7 Å². The van der Waals surface area contributed by atoms with Gasteiger partial charge in [-0.25, -0.2) is 4.98 Å². The zero-order valence-electron chi connectivity index (χ0n) is 23.1. The van der Waals surface area contributed by atoms with Gasteiger partial charge in [-0.05, 0) is 69.6 Å². The van der Waals surface area contributed by atoms with Crippen LogP contribution in [0, 0.1) is 5.92 Å². The molecule has 5 rings (SSSR count). The number of anilines is 1. The molecule has 0 unspecified atom stereocenters. The van der Waals surface area contributed by atoms with Crippen molar-refractivity contribution in [2.45, 2.75) is 25.8 Å². The fourth-order valence-electron chi connectivity index (χ4n) is 5.09. The Morgan fingerprint density at radius 3 is 2.41 bits per heavy atom. The molecule has 4 aromatic rings. The number of hydrogen-bond acceptors (Lipinski definition) is 7. The van der Waals surface area contributed by atoms with Crippen LogP contribution in [0.2, 0.25) is 0 Å². The number of carbonyl (C=O) groups is 1. The van der Waals surface area contributed by atoms with Gasteiger partial charge in [-0.3, -0.25) is 9.59 Å². The highest BCUT2D eigenvalue weighted by Crippen LogP contribution is 2.35. The molecule has 2 aromatic carbocycles. The number of ether oxygens (including phenoxy) is 3. The van der Waals surface area contributed by atoms with Gasteiger partial charge in [0.15, 0.2) is 17.3 Å². The minimum absolute atomic E-state index is 0.114. The molecular weight excluding hydrogens is 586 g/mol. The van der Waals surface area contributed by atoms with Gasteiger partial charge in [-0.1, -0.05) is 30.3 Å². The van der Waals surface area contributed by atoms with Gasteiger partial charge in [-0.15, -0.1) is 0 Å². The summed E-state index contributed by atoms with van der Waals surface area (Å²) >= 11 is 3.35. The molecule has 1 aliphatic rings. The molecule has 0 amide bonds. The summed E-state index contributed by atoms with van der Waals surface area (Å²) in [5.41, 5.74) is 10.4. The van der Waals surface area contributed by atoms with Gasteiger partial charge < -0.3 is 24.5 Å². The van der Waals surface area contributed by atoms with Gasteiger partial charge >= 0.3 is 0 Å². The number of nitrogens with zero attached hydrogens (tertiary/aromatic N) is 2. The van der Waals surface area contributed by atoms with E-state index in [0.717, 1.165) is 60.4 Å². The lowest BCUT2D eigenvalue weighted by Gasteiger charge is -2.23.